The minimum absolute atomic E-state index is 0.144. The van der Waals surface area contributed by atoms with Gasteiger partial charge >= 0.3 is 0 Å². The van der Waals surface area contributed by atoms with Gasteiger partial charge in [-0.25, -0.2) is 0 Å². The molecule has 0 radical (unpaired) electrons. The number of methoxy groups -OCH3 is 1. The number of benzene rings is 1. The van der Waals surface area contributed by atoms with E-state index in [1.165, 1.54) is 13.3 Å². The number of H-pyrrole nitrogens is 1. The van der Waals surface area contributed by atoms with Crippen LogP contribution in [0, 0.1) is 0 Å². The Bertz CT molecular complexity index is 1330. The Labute approximate surface area is 211 Å². The van der Waals surface area contributed by atoms with E-state index in [1.54, 1.807) is 29.2 Å². The number of azide groups is 1. The zero-order valence-corrected chi connectivity index (χ0v) is 20.3. The highest BCUT2D eigenvalue weighted by molar-refractivity contribution is 6.45. The molecule has 3 heterocycles. The lowest BCUT2D eigenvalue weighted by atomic mass is 10.0. The molecule has 0 atom stereocenters. The van der Waals surface area contributed by atoms with E-state index in [2.05, 4.69) is 25.6 Å². The van der Waals surface area contributed by atoms with Gasteiger partial charge in [0.05, 0.1) is 36.7 Å². The number of carbonyl (C=O) groups excluding carboxylic acids is 3. The summed E-state index contributed by atoms with van der Waals surface area (Å²) in [6, 6.07) is 7.00. The van der Waals surface area contributed by atoms with Gasteiger partial charge in [0.25, 0.3) is 11.7 Å². The number of nitrogens with zero attached hydrogens (tertiary/aromatic N) is 4. The Hall–Kier alpha value is -4.32. The van der Waals surface area contributed by atoms with Crippen LogP contribution in [0.5, 0.6) is 5.75 Å². The SMILES string of the molecule is COc1ccc(-c2ccc(CNC(=O)COCCN=[N+]=[N-])o2)c2[nH]cc(C(=O)C(=O)N3CCNCC3)c12. The van der Waals surface area contributed by atoms with E-state index < -0.39 is 11.7 Å². The Morgan fingerprint density at radius 3 is 2.78 bits per heavy atom. The number of Topliss-reactive ketones (excluding diaryl/α,β-unsaturated/α-hetero) is 1. The number of furan rings is 1. The van der Waals surface area contributed by atoms with Gasteiger partial charge in [0.2, 0.25) is 5.91 Å². The molecule has 3 N–H and O–H groups in total. The first-order chi connectivity index (χ1) is 18.0. The van der Waals surface area contributed by atoms with Gasteiger partial charge in [0.15, 0.2) is 0 Å². The van der Waals surface area contributed by atoms with Crippen LogP contribution in [0.2, 0.25) is 0 Å². The highest BCUT2D eigenvalue weighted by atomic mass is 16.5. The number of amides is 2. The average molecular weight is 510 g/mol. The molecule has 1 aliphatic heterocycles. The van der Waals surface area contributed by atoms with E-state index in [0.717, 1.165) is 0 Å². The van der Waals surface area contributed by atoms with Crippen LogP contribution in [-0.2, 0) is 20.9 Å². The van der Waals surface area contributed by atoms with Crippen molar-refractivity contribution in [3.05, 3.63) is 52.2 Å². The average Bonchev–Trinajstić information content (AvgIpc) is 3.59. The highest BCUT2D eigenvalue weighted by Gasteiger charge is 2.28. The summed E-state index contributed by atoms with van der Waals surface area (Å²) in [6.07, 6.45) is 1.52. The number of ether oxygens (including phenoxy) is 2. The Morgan fingerprint density at radius 1 is 1.22 bits per heavy atom. The van der Waals surface area contributed by atoms with E-state index >= 15 is 0 Å². The maximum Gasteiger partial charge on any atom is 0.295 e. The number of carbonyl (C=O) groups is 3. The van der Waals surface area contributed by atoms with Crippen LogP contribution in [0.25, 0.3) is 32.7 Å². The van der Waals surface area contributed by atoms with Crippen LogP contribution in [0.3, 0.4) is 0 Å². The van der Waals surface area contributed by atoms with Crippen molar-refractivity contribution < 1.29 is 28.3 Å². The van der Waals surface area contributed by atoms with Crippen LogP contribution >= 0.6 is 0 Å². The fourth-order valence-electron chi connectivity index (χ4n) is 4.07. The van der Waals surface area contributed by atoms with Crippen LogP contribution in [-0.4, -0.2) is 80.5 Å². The van der Waals surface area contributed by atoms with Crippen molar-refractivity contribution in [2.75, 3.05) is 53.0 Å². The molecule has 4 rings (SSSR count). The lowest BCUT2D eigenvalue weighted by molar-refractivity contribution is -0.127. The first-order valence-electron chi connectivity index (χ1n) is 11.7. The van der Waals surface area contributed by atoms with Crippen LogP contribution in [0.1, 0.15) is 16.1 Å². The van der Waals surface area contributed by atoms with Crippen molar-refractivity contribution in [1.82, 2.24) is 20.5 Å². The molecule has 0 unspecified atom stereocenters. The molecule has 194 valence electrons. The minimum atomic E-state index is -0.604. The molecule has 13 nitrogen and oxygen atoms in total. The quantitative estimate of drug-likeness (QED) is 0.0884. The third kappa shape index (κ3) is 5.92. The van der Waals surface area contributed by atoms with Gasteiger partial charge in [-0.2, -0.15) is 0 Å². The minimum Gasteiger partial charge on any atom is -0.496 e. The van der Waals surface area contributed by atoms with Crippen molar-refractivity contribution in [2.45, 2.75) is 6.54 Å². The van der Waals surface area contributed by atoms with Gasteiger partial charge < -0.3 is 34.4 Å². The number of fused-ring (bicyclic) bond motifs is 1. The number of hydrogen-bond donors (Lipinski definition) is 3. The van der Waals surface area contributed by atoms with E-state index in [4.69, 9.17) is 19.4 Å². The van der Waals surface area contributed by atoms with Crippen LogP contribution < -0.4 is 15.4 Å². The normalized spacial score (nSPS) is 13.3. The molecule has 0 aliphatic carbocycles. The van der Waals surface area contributed by atoms with Gasteiger partial charge in [0, 0.05) is 49.4 Å². The van der Waals surface area contributed by atoms with Crippen molar-refractivity contribution in [1.29, 1.82) is 0 Å². The highest BCUT2D eigenvalue weighted by Crippen LogP contribution is 2.37. The number of nitrogens with one attached hydrogen (secondary N) is 3. The summed E-state index contributed by atoms with van der Waals surface area (Å²) in [5.41, 5.74) is 9.72. The monoisotopic (exact) mass is 509 g/mol. The Morgan fingerprint density at radius 2 is 2.03 bits per heavy atom. The van der Waals surface area contributed by atoms with E-state index in [-0.39, 0.29) is 37.8 Å². The van der Waals surface area contributed by atoms with Crippen LogP contribution in [0.4, 0.5) is 0 Å². The first kappa shape index (κ1) is 25.8. The lowest BCUT2D eigenvalue weighted by Crippen LogP contribution is -2.48. The number of aromatic nitrogens is 1. The number of ketones is 1. The number of hydrogen-bond acceptors (Lipinski definition) is 8. The molecule has 2 amide bonds. The summed E-state index contributed by atoms with van der Waals surface area (Å²) in [5.74, 6) is -0.0148. The Balaban J connectivity index is 1.49. The summed E-state index contributed by atoms with van der Waals surface area (Å²) in [4.78, 5) is 45.2. The van der Waals surface area contributed by atoms with Gasteiger partial charge in [0.1, 0.15) is 23.9 Å². The van der Waals surface area contributed by atoms with Gasteiger partial charge in [-0.3, -0.25) is 14.4 Å². The number of aromatic amines is 1. The first-order valence-corrected chi connectivity index (χ1v) is 11.7. The van der Waals surface area contributed by atoms with Crippen molar-refractivity contribution in [2.24, 2.45) is 5.11 Å². The maximum atomic E-state index is 13.1. The topological polar surface area (TPSA) is 175 Å². The summed E-state index contributed by atoms with van der Waals surface area (Å²) in [5, 5.41) is 9.68. The molecule has 1 saturated heterocycles. The van der Waals surface area contributed by atoms with Crippen molar-refractivity contribution >= 4 is 28.5 Å². The largest absolute Gasteiger partial charge is 0.496 e. The lowest BCUT2D eigenvalue weighted by Gasteiger charge is -2.26. The molecule has 0 saturated carbocycles. The number of rotatable bonds is 11. The molecule has 3 aromatic rings. The maximum absolute atomic E-state index is 13.1. The van der Waals surface area contributed by atoms with Gasteiger partial charge in [-0.1, -0.05) is 5.11 Å². The molecule has 2 aromatic heterocycles. The van der Waals surface area contributed by atoms with Crippen LogP contribution in [0.15, 0.2) is 40.0 Å². The molecule has 1 aliphatic rings. The van der Waals surface area contributed by atoms with E-state index in [1.807, 2.05) is 0 Å². The predicted molar refractivity (Wildman–Crippen MR) is 133 cm³/mol. The summed E-state index contributed by atoms with van der Waals surface area (Å²) < 4.78 is 16.6. The molecular weight excluding hydrogens is 482 g/mol. The number of piperazine rings is 1. The van der Waals surface area contributed by atoms with Gasteiger partial charge in [-0.05, 0) is 29.8 Å². The molecule has 1 fully saturated rings. The molecule has 0 spiro atoms. The second-order valence-electron chi connectivity index (χ2n) is 8.19. The van der Waals surface area contributed by atoms with Crippen molar-refractivity contribution in [3.8, 4) is 17.1 Å². The van der Waals surface area contributed by atoms with E-state index in [9.17, 15) is 14.4 Å². The third-order valence-corrected chi connectivity index (χ3v) is 5.88. The fourth-order valence-corrected chi connectivity index (χ4v) is 4.07. The fraction of sp³-hybridized carbons (Fsp3) is 0.375. The summed E-state index contributed by atoms with van der Waals surface area (Å²) in [7, 11) is 1.50. The molecule has 0 bridgehead atoms. The summed E-state index contributed by atoms with van der Waals surface area (Å²) in [6.45, 7) is 2.52. The zero-order valence-electron chi connectivity index (χ0n) is 20.3. The molecule has 1 aromatic carbocycles. The zero-order chi connectivity index (χ0) is 26.2. The standard InChI is InChI=1S/C24H27N7O6/c1-35-19-5-3-16(18-4-2-15(37-18)12-27-20(32)14-36-11-8-29-30-25)22-21(19)17(13-28-22)23(33)24(34)31-9-6-26-7-10-31/h2-5,13,26,28H,6-12,14H2,1H3,(H,27,32). The smallest absolute Gasteiger partial charge is 0.295 e. The van der Waals surface area contributed by atoms with Crippen molar-refractivity contribution in [3.63, 3.8) is 0 Å². The van der Waals surface area contributed by atoms with Gasteiger partial charge in [-0.15, -0.1) is 0 Å². The molecular formula is C24H27N7O6. The third-order valence-electron chi connectivity index (χ3n) is 5.88. The molecule has 37 heavy (non-hydrogen) atoms. The second-order valence-corrected chi connectivity index (χ2v) is 8.19. The Kier molecular flexibility index (Phi) is 8.41. The second kappa shape index (κ2) is 12.1. The summed E-state index contributed by atoms with van der Waals surface area (Å²) >= 11 is 0. The predicted octanol–water partition coefficient (Wildman–Crippen LogP) is 1.99. The van der Waals surface area contributed by atoms with E-state index in [0.29, 0.717) is 59.9 Å². The molecule has 13 heteroatoms.